The van der Waals surface area contributed by atoms with Crippen LogP contribution in [0.3, 0.4) is 0 Å². The van der Waals surface area contributed by atoms with Gasteiger partial charge in [0, 0.05) is 5.69 Å². The quantitative estimate of drug-likeness (QED) is 0.763. The number of benzene rings is 1. The van der Waals surface area contributed by atoms with E-state index >= 15 is 0 Å². The summed E-state index contributed by atoms with van der Waals surface area (Å²) in [4.78, 5) is 36.0. The first-order valence-electron chi connectivity index (χ1n) is 7.76. The number of furan rings is 1. The van der Waals surface area contributed by atoms with E-state index < -0.39 is 29.9 Å². The SMILES string of the molecule is C[C@H](NC(=O)c1ccco1)C(=O)O[C@@H](C)C(=O)Nc1cccc(C#N)c1. The monoisotopic (exact) mass is 355 g/mol. The fourth-order valence-electron chi connectivity index (χ4n) is 1.97. The van der Waals surface area contributed by atoms with E-state index in [1.165, 1.54) is 32.2 Å². The van der Waals surface area contributed by atoms with E-state index in [-0.39, 0.29) is 5.76 Å². The Morgan fingerprint density at radius 2 is 1.96 bits per heavy atom. The van der Waals surface area contributed by atoms with Crippen LogP contribution in [0.4, 0.5) is 5.69 Å². The summed E-state index contributed by atoms with van der Waals surface area (Å²) >= 11 is 0. The van der Waals surface area contributed by atoms with Gasteiger partial charge in [0.05, 0.1) is 17.9 Å². The fraction of sp³-hybridized carbons (Fsp3) is 0.222. The molecule has 2 rings (SSSR count). The summed E-state index contributed by atoms with van der Waals surface area (Å²) in [6, 6.07) is 10.3. The van der Waals surface area contributed by atoms with Gasteiger partial charge in [0.15, 0.2) is 11.9 Å². The van der Waals surface area contributed by atoms with E-state index in [0.717, 1.165) is 0 Å². The van der Waals surface area contributed by atoms with Crippen molar-refractivity contribution in [3.63, 3.8) is 0 Å². The summed E-state index contributed by atoms with van der Waals surface area (Å²) in [5.41, 5.74) is 0.804. The first-order chi connectivity index (χ1) is 12.4. The van der Waals surface area contributed by atoms with Gasteiger partial charge in [0.1, 0.15) is 6.04 Å². The van der Waals surface area contributed by atoms with Gasteiger partial charge in [-0.3, -0.25) is 9.59 Å². The molecule has 0 spiro atoms. The van der Waals surface area contributed by atoms with Crippen LogP contribution in [-0.4, -0.2) is 29.9 Å². The molecular formula is C18H17N3O5. The lowest BCUT2D eigenvalue weighted by Crippen LogP contribution is -2.42. The molecule has 2 aromatic rings. The Bertz CT molecular complexity index is 839. The van der Waals surface area contributed by atoms with Gasteiger partial charge in [-0.2, -0.15) is 5.26 Å². The number of ether oxygens (including phenoxy) is 1. The zero-order valence-electron chi connectivity index (χ0n) is 14.2. The summed E-state index contributed by atoms with van der Waals surface area (Å²) in [5.74, 6) is -1.82. The van der Waals surface area contributed by atoms with Crippen molar-refractivity contribution in [2.75, 3.05) is 5.32 Å². The van der Waals surface area contributed by atoms with Gasteiger partial charge in [-0.15, -0.1) is 0 Å². The fourth-order valence-corrected chi connectivity index (χ4v) is 1.97. The lowest BCUT2D eigenvalue weighted by atomic mass is 10.2. The van der Waals surface area contributed by atoms with Gasteiger partial charge in [-0.1, -0.05) is 6.07 Å². The van der Waals surface area contributed by atoms with Crippen LogP contribution in [-0.2, 0) is 14.3 Å². The van der Waals surface area contributed by atoms with Crippen LogP contribution in [0.25, 0.3) is 0 Å². The number of anilines is 1. The van der Waals surface area contributed by atoms with Crippen LogP contribution in [0.5, 0.6) is 0 Å². The lowest BCUT2D eigenvalue weighted by molar-refractivity contribution is -0.154. The minimum atomic E-state index is -1.09. The highest BCUT2D eigenvalue weighted by molar-refractivity contribution is 5.97. The summed E-state index contributed by atoms with van der Waals surface area (Å²) in [6.45, 7) is 2.84. The van der Waals surface area contributed by atoms with Gasteiger partial charge >= 0.3 is 5.97 Å². The third kappa shape index (κ3) is 4.95. The van der Waals surface area contributed by atoms with Crippen LogP contribution >= 0.6 is 0 Å². The molecule has 0 bridgehead atoms. The van der Waals surface area contributed by atoms with Crippen LogP contribution in [0, 0.1) is 11.3 Å². The lowest BCUT2D eigenvalue weighted by Gasteiger charge is -2.17. The van der Waals surface area contributed by atoms with Gasteiger partial charge in [0.25, 0.3) is 11.8 Å². The van der Waals surface area contributed by atoms with E-state index in [4.69, 9.17) is 14.4 Å². The van der Waals surface area contributed by atoms with Crippen molar-refractivity contribution < 1.29 is 23.5 Å². The topological polar surface area (TPSA) is 121 Å². The van der Waals surface area contributed by atoms with Crippen molar-refractivity contribution in [2.24, 2.45) is 0 Å². The molecule has 0 aliphatic heterocycles. The number of nitrogens with one attached hydrogen (secondary N) is 2. The molecule has 134 valence electrons. The van der Waals surface area contributed by atoms with Crippen molar-refractivity contribution in [3.8, 4) is 6.07 Å². The molecule has 2 N–H and O–H groups in total. The molecule has 0 fully saturated rings. The number of carbonyl (C=O) groups is 3. The molecule has 1 heterocycles. The first-order valence-corrected chi connectivity index (χ1v) is 7.76. The molecule has 1 aromatic carbocycles. The summed E-state index contributed by atoms with van der Waals surface area (Å²) in [7, 11) is 0. The average Bonchev–Trinajstić information content (AvgIpc) is 3.16. The normalized spacial score (nSPS) is 12.3. The molecule has 0 unspecified atom stereocenters. The largest absolute Gasteiger partial charge is 0.459 e. The number of amides is 2. The maximum atomic E-state index is 12.1. The second kappa shape index (κ2) is 8.48. The summed E-state index contributed by atoms with van der Waals surface area (Å²) < 4.78 is 9.99. The average molecular weight is 355 g/mol. The predicted octanol–water partition coefficient (Wildman–Crippen LogP) is 1.84. The smallest absolute Gasteiger partial charge is 0.329 e. The van der Waals surface area contributed by atoms with E-state index in [9.17, 15) is 14.4 Å². The molecular weight excluding hydrogens is 338 g/mol. The Labute approximate surface area is 149 Å². The number of carbonyl (C=O) groups excluding carboxylic acids is 3. The van der Waals surface area contributed by atoms with Crippen molar-refractivity contribution in [1.82, 2.24) is 5.32 Å². The standard InChI is InChI=1S/C18H17N3O5/c1-11(20-17(23)15-7-4-8-25-15)18(24)26-12(2)16(22)21-14-6-3-5-13(9-14)10-19/h3-9,11-12H,1-2H3,(H,20,23)(H,21,22)/t11-,12-/m0/s1. The highest BCUT2D eigenvalue weighted by atomic mass is 16.5. The minimum absolute atomic E-state index is 0.0628. The zero-order valence-corrected chi connectivity index (χ0v) is 14.2. The molecule has 0 aliphatic rings. The van der Waals surface area contributed by atoms with E-state index in [1.54, 1.807) is 24.3 Å². The van der Waals surface area contributed by atoms with E-state index in [1.807, 2.05) is 6.07 Å². The van der Waals surface area contributed by atoms with Crippen LogP contribution in [0.1, 0.15) is 30.0 Å². The Hall–Kier alpha value is -3.60. The number of esters is 1. The highest BCUT2D eigenvalue weighted by Crippen LogP contribution is 2.11. The summed E-state index contributed by atoms with van der Waals surface area (Å²) in [5, 5.41) is 13.8. The third-order valence-corrected chi connectivity index (χ3v) is 3.37. The number of hydrogen-bond acceptors (Lipinski definition) is 6. The van der Waals surface area contributed by atoms with E-state index in [0.29, 0.717) is 11.3 Å². The van der Waals surface area contributed by atoms with Gasteiger partial charge in [-0.05, 0) is 44.2 Å². The highest BCUT2D eigenvalue weighted by Gasteiger charge is 2.24. The molecule has 2 amide bonds. The molecule has 0 radical (unpaired) electrons. The number of nitriles is 1. The zero-order chi connectivity index (χ0) is 19.1. The van der Waals surface area contributed by atoms with Gasteiger partial charge in [0.2, 0.25) is 0 Å². The Kier molecular flexibility index (Phi) is 6.11. The maximum Gasteiger partial charge on any atom is 0.329 e. The van der Waals surface area contributed by atoms with E-state index in [2.05, 4.69) is 10.6 Å². The molecule has 0 saturated carbocycles. The van der Waals surface area contributed by atoms with Gasteiger partial charge < -0.3 is 19.8 Å². The second-order valence-corrected chi connectivity index (χ2v) is 5.43. The molecule has 2 atom stereocenters. The Morgan fingerprint density at radius 1 is 1.19 bits per heavy atom. The van der Waals surface area contributed by atoms with Crippen LogP contribution < -0.4 is 10.6 Å². The van der Waals surface area contributed by atoms with Crippen molar-refractivity contribution in [1.29, 1.82) is 5.26 Å². The van der Waals surface area contributed by atoms with Crippen molar-refractivity contribution in [3.05, 3.63) is 54.0 Å². The third-order valence-electron chi connectivity index (χ3n) is 3.37. The Morgan fingerprint density at radius 3 is 2.62 bits per heavy atom. The van der Waals surface area contributed by atoms with Crippen molar-refractivity contribution in [2.45, 2.75) is 26.0 Å². The number of nitrogens with zero attached hydrogens (tertiary/aromatic N) is 1. The second-order valence-electron chi connectivity index (χ2n) is 5.43. The molecule has 8 heteroatoms. The van der Waals surface area contributed by atoms with Crippen molar-refractivity contribution >= 4 is 23.5 Å². The summed E-state index contributed by atoms with van der Waals surface area (Å²) in [6.07, 6.45) is 0.252. The minimum Gasteiger partial charge on any atom is -0.459 e. The van der Waals surface area contributed by atoms with Gasteiger partial charge in [-0.25, -0.2) is 4.79 Å². The maximum absolute atomic E-state index is 12.1. The van der Waals surface area contributed by atoms with Crippen LogP contribution in [0.2, 0.25) is 0 Å². The van der Waals surface area contributed by atoms with Crippen LogP contribution in [0.15, 0.2) is 47.1 Å². The molecule has 26 heavy (non-hydrogen) atoms. The molecule has 1 aromatic heterocycles. The molecule has 0 saturated heterocycles. The number of hydrogen-bond donors (Lipinski definition) is 2. The first kappa shape index (κ1) is 18.7. The number of rotatable bonds is 6. The predicted molar refractivity (Wildman–Crippen MR) is 91.0 cm³/mol. The Balaban J connectivity index is 1.88. The molecule has 8 nitrogen and oxygen atoms in total. The molecule has 0 aliphatic carbocycles.